The maximum absolute atomic E-state index is 13.2. The molecule has 2 atom stereocenters. The van der Waals surface area contributed by atoms with Gasteiger partial charge >= 0.3 is 6.03 Å². The largest absolute Gasteiger partial charge is 0.337 e. The molecule has 1 aliphatic heterocycles. The molecule has 1 saturated carbocycles. The molecule has 3 rings (SSSR count). The number of rotatable bonds is 5. The van der Waals surface area contributed by atoms with Gasteiger partial charge in [-0.1, -0.05) is 18.6 Å². The van der Waals surface area contributed by atoms with Gasteiger partial charge < -0.3 is 15.5 Å². The number of hydrogen-bond acceptors (Lipinski definition) is 3. The van der Waals surface area contributed by atoms with Crippen molar-refractivity contribution in [3.8, 4) is 0 Å². The Morgan fingerprint density at radius 3 is 2.60 bits per heavy atom. The number of benzene rings is 1. The number of urea groups is 1. The highest BCUT2D eigenvalue weighted by molar-refractivity contribution is 5.74. The van der Waals surface area contributed by atoms with E-state index >= 15 is 0 Å². The molecule has 0 unspecified atom stereocenters. The Bertz CT molecular complexity index is 575. The summed E-state index contributed by atoms with van der Waals surface area (Å²) < 4.78 is 13.2. The molecule has 2 aliphatic rings. The highest BCUT2D eigenvalue weighted by atomic mass is 19.1. The summed E-state index contributed by atoms with van der Waals surface area (Å²) in [6.45, 7) is 3.67. The second-order valence-electron chi connectivity index (χ2n) is 7.47. The zero-order chi connectivity index (χ0) is 17.8. The molecule has 1 saturated heterocycles. The minimum atomic E-state index is -0.245. The van der Waals surface area contributed by atoms with Crippen LogP contribution in [0, 0.1) is 11.7 Å². The molecule has 0 radical (unpaired) electrons. The van der Waals surface area contributed by atoms with E-state index < -0.39 is 0 Å². The molecular weight excluding hydrogens is 319 g/mol. The van der Waals surface area contributed by atoms with E-state index in [1.807, 2.05) is 0 Å². The summed E-state index contributed by atoms with van der Waals surface area (Å²) in [5.74, 6) is 0.199. The van der Waals surface area contributed by atoms with Crippen LogP contribution in [0.4, 0.5) is 9.18 Å². The van der Waals surface area contributed by atoms with Gasteiger partial charge in [0.05, 0.1) is 6.04 Å². The van der Waals surface area contributed by atoms with Crippen LogP contribution in [0.25, 0.3) is 0 Å². The van der Waals surface area contributed by atoms with E-state index in [2.05, 4.69) is 34.5 Å². The highest BCUT2D eigenvalue weighted by Gasteiger charge is 2.30. The van der Waals surface area contributed by atoms with Crippen LogP contribution in [0.1, 0.15) is 30.9 Å². The van der Waals surface area contributed by atoms with Crippen LogP contribution in [0.2, 0.25) is 0 Å². The van der Waals surface area contributed by atoms with Gasteiger partial charge in [-0.15, -0.1) is 0 Å². The van der Waals surface area contributed by atoms with Gasteiger partial charge in [-0.05, 0) is 50.6 Å². The third-order valence-corrected chi connectivity index (χ3v) is 5.62. The zero-order valence-corrected chi connectivity index (χ0v) is 15.2. The maximum Gasteiger partial charge on any atom is 0.315 e. The van der Waals surface area contributed by atoms with Gasteiger partial charge in [0.25, 0.3) is 0 Å². The number of carbonyl (C=O) groups is 1. The molecule has 1 heterocycles. The smallest absolute Gasteiger partial charge is 0.315 e. The fourth-order valence-electron chi connectivity index (χ4n) is 3.64. The van der Waals surface area contributed by atoms with Gasteiger partial charge in [-0.2, -0.15) is 0 Å². The fraction of sp³-hybridized carbons (Fsp3) is 0.632. The van der Waals surface area contributed by atoms with Crippen molar-refractivity contribution in [2.45, 2.75) is 31.3 Å². The molecule has 0 bridgehead atoms. The lowest BCUT2D eigenvalue weighted by Crippen LogP contribution is -2.55. The van der Waals surface area contributed by atoms with Gasteiger partial charge in [0.2, 0.25) is 0 Å². The summed E-state index contributed by atoms with van der Waals surface area (Å²) in [6, 6.07) is 6.65. The van der Waals surface area contributed by atoms with Crippen molar-refractivity contribution in [2.75, 3.05) is 40.3 Å². The normalized spacial score (nSPS) is 23.7. The summed E-state index contributed by atoms with van der Waals surface area (Å²) >= 11 is 0. The summed E-state index contributed by atoms with van der Waals surface area (Å²) in [7, 11) is 4.22. The lowest BCUT2D eigenvalue weighted by atomic mass is 9.77. The molecule has 1 aliphatic carbocycles. The Labute approximate surface area is 149 Å². The zero-order valence-electron chi connectivity index (χ0n) is 15.2. The van der Waals surface area contributed by atoms with Crippen molar-refractivity contribution in [1.29, 1.82) is 0 Å². The molecule has 2 N–H and O–H groups in total. The molecule has 6 heteroatoms. The third kappa shape index (κ3) is 4.70. The van der Waals surface area contributed by atoms with E-state index in [0.717, 1.165) is 38.0 Å². The van der Waals surface area contributed by atoms with Crippen LogP contribution in [0.3, 0.4) is 0 Å². The maximum atomic E-state index is 13.2. The predicted octanol–water partition coefficient (Wildman–Crippen LogP) is 2.21. The topological polar surface area (TPSA) is 47.6 Å². The Hall–Kier alpha value is -1.66. The van der Waals surface area contributed by atoms with E-state index in [1.165, 1.54) is 18.6 Å². The predicted molar refractivity (Wildman–Crippen MR) is 96.9 cm³/mol. The first kappa shape index (κ1) is 18.1. The summed E-state index contributed by atoms with van der Waals surface area (Å²) in [6.07, 6.45) is 3.42. The van der Waals surface area contributed by atoms with Gasteiger partial charge in [-0.3, -0.25) is 4.90 Å². The van der Waals surface area contributed by atoms with E-state index in [4.69, 9.17) is 0 Å². The van der Waals surface area contributed by atoms with Crippen molar-refractivity contribution in [1.82, 2.24) is 20.4 Å². The van der Waals surface area contributed by atoms with Crippen LogP contribution in [0.15, 0.2) is 24.3 Å². The average molecular weight is 348 g/mol. The number of hydrogen-bond donors (Lipinski definition) is 2. The summed E-state index contributed by atoms with van der Waals surface area (Å²) in [5.41, 5.74) is 0.982. The number of carbonyl (C=O) groups excluding carboxylic acids is 1. The third-order valence-electron chi connectivity index (χ3n) is 5.62. The van der Waals surface area contributed by atoms with Crippen molar-refractivity contribution in [3.63, 3.8) is 0 Å². The van der Waals surface area contributed by atoms with Gasteiger partial charge in [0, 0.05) is 32.2 Å². The number of amides is 2. The molecule has 1 aromatic carbocycles. The molecule has 0 spiro atoms. The van der Waals surface area contributed by atoms with Crippen LogP contribution in [-0.4, -0.2) is 62.1 Å². The van der Waals surface area contributed by atoms with Crippen molar-refractivity contribution in [2.24, 2.45) is 5.92 Å². The summed E-state index contributed by atoms with van der Waals surface area (Å²) in [4.78, 5) is 17.0. The monoisotopic (exact) mass is 348 g/mol. The Morgan fingerprint density at radius 1 is 1.24 bits per heavy atom. The first-order valence-corrected chi connectivity index (χ1v) is 9.21. The molecule has 5 nitrogen and oxygen atoms in total. The van der Waals surface area contributed by atoms with Gasteiger partial charge in [0.1, 0.15) is 5.82 Å². The first-order chi connectivity index (χ1) is 12.0. The quantitative estimate of drug-likeness (QED) is 0.858. The standard InChI is InChI=1S/C19H29FN4O/c1-23-10-11-24(2)17(13-23)12-21-19(25)22-18(14-4-3-5-14)15-6-8-16(20)9-7-15/h6-9,14,17-18H,3-5,10-13H2,1-2H3,(H2,21,22,25)/t17-,18-/m0/s1. The van der Waals surface area contributed by atoms with E-state index in [-0.39, 0.29) is 17.9 Å². The van der Waals surface area contributed by atoms with E-state index in [0.29, 0.717) is 18.5 Å². The van der Waals surface area contributed by atoms with Crippen molar-refractivity contribution in [3.05, 3.63) is 35.6 Å². The Kier molecular flexibility index (Phi) is 5.91. The first-order valence-electron chi connectivity index (χ1n) is 9.21. The lowest BCUT2D eigenvalue weighted by molar-refractivity contribution is 0.114. The fourth-order valence-corrected chi connectivity index (χ4v) is 3.64. The molecule has 0 aromatic heterocycles. The number of nitrogens with one attached hydrogen (secondary N) is 2. The molecule has 2 amide bonds. The molecule has 25 heavy (non-hydrogen) atoms. The molecule has 2 fully saturated rings. The minimum absolute atomic E-state index is 0.0406. The molecule has 138 valence electrons. The number of piperazine rings is 1. The highest BCUT2D eigenvalue weighted by Crippen LogP contribution is 2.37. The van der Waals surface area contributed by atoms with Gasteiger partial charge in [0.15, 0.2) is 0 Å². The number of halogens is 1. The second-order valence-corrected chi connectivity index (χ2v) is 7.47. The van der Waals surface area contributed by atoms with E-state index in [1.54, 1.807) is 12.1 Å². The van der Waals surface area contributed by atoms with Crippen LogP contribution in [-0.2, 0) is 0 Å². The van der Waals surface area contributed by atoms with Crippen LogP contribution < -0.4 is 10.6 Å². The van der Waals surface area contributed by atoms with Crippen LogP contribution >= 0.6 is 0 Å². The average Bonchev–Trinajstić information content (AvgIpc) is 2.54. The van der Waals surface area contributed by atoms with E-state index in [9.17, 15) is 9.18 Å². The number of nitrogens with zero attached hydrogens (tertiary/aromatic N) is 2. The van der Waals surface area contributed by atoms with Crippen molar-refractivity contribution < 1.29 is 9.18 Å². The second kappa shape index (κ2) is 8.15. The minimum Gasteiger partial charge on any atom is -0.337 e. The van der Waals surface area contributed by atoms with Crippen LogP contribution in [0.5, 0.6) is 0 Å². The Balaban J connectivity index is 1.56. The SMILES string of the molecule is CN1CCN(C)[C@@H](CNC(=O)N[C@H](c2ccc(F)cc2)C2CCC2)C1. The molecular formula is C19H29FN4O. The number of likely N-dealkylation sites (N-methyl/N-ethyl adjacent to an activating group) is 2. The Morgan fingerprint density at radius 2 is 1.96 bits per heavy atom. The summed E-state index contributed by atoms with van der Waals surface area (Å²) in [5, 5.41) is 6.14. The molecule has 1 aromatic rings. The lowest BCUT2D eigenvalue weighted by Gasteiger charge is -2.38. The van der Waals surface area contributed by atoms with Crippen molar-refractivity contribution >= 4 is 6.03 Å². The van der Waals surface area contributed by atoms with Gasteiger partial charge in [-0.25, -0.2) is 9.18 Å².